The fourth-order valence-corrected chi connectivity index (χ4v) is 3.30. The van der Waals surface area contributed by atoms with E-state index in [0.717, 1.165) is 6.92 Å². The van der Waals surface area contributed by atoms with Crippen LogP contribution in [0, 0.1) is 18.6 Å². The Hall–Kier alpha value is -2.83. The highest BCUT2D eigenvalue weighted by molar-refractivity contribution is 6.31. The van der Waals surface area contributed by atoms with Crippen LogP contribution in [0.15, 0.2) is 24.3 Å². The van der Waals surface area contributed by atoms with E-state index in [1.54, 1.807) is 0 Å². The third-order valence-corrected chi connectivity index (χ3v) is 5.01. The average Bonchev–Trinajstić information content (AvgIpc) is 2.96. The molecule has 1 aliphatic rings. The van der Waals surface area contributed by atoms with Crippen LogP contribution in [0.2, 0.25) is 5.02 Å². The van der Waals surface area contributed by atoms with E-state index in [-0.39, 0.29) is 15.5 Å². The van der Waals surface area contributed by atoms with Crippen LogP contribution in [0.4, 0.5) is 33.5 Å². The molecule has 3 atom stereocenters. The molecular weight excluding hydrogens is 465 g/mol. The number of aliphatic hydroxyl groups excluding tert-OH is 2. The molecule has 1 fully saturated rings. The number of carbonyl (C=O) groups is 2. The normalized spacial score (nSPS) is 23.0. The highest BCUT2D eigenvalue weighted by atomic mass is 35.5. The summed E-state index contributed by atoms with van der Waals surface area (Å²) in [4.78, 5) is 29.7. The SMILES string of the molecule is [2H]C([2H])([2H])N(C(=O)C1C(O)C(O)C(=O)N1c1cc(C(F)(F)F)cc(C)n1)c1ccc(F)c(Cl)c1F. The Labute approximate surface area is 186 Å². The molecule has 0 radical (unpaired) electrons. The molecule has 1 aromatic carbocycles. The summed E-state index contributed by atoms with van der Waals surface area (Å²) in [5.41, 5.74) is -2.64. The number of benzene rings is 1. The zero-order valence-corrected chi connectivity index (χ0v) is 16.6. The molecule has 3 unspecified atom stereocenters. The number of halogens is 6. The Kier molecular flexibility index (Phi) is 5.12. The van der Waals surface area contributed by atoms with Gasteiger partial charge in [0.25, 0.3) is 11.8 Å². The van der Waals surface area contributed by atoms with Gasteiger partial charge >= 0.3 is 6.18 Å². The number of aryl methyl sites for hydroxylation is 1. The van der Waals surface area contributed by atoms with Crippen molar-refractivity contribution in [1.29, 1.82) is 0 Å². The van der Waals surface area contributed by atoms with E-state index in [0.29, 0.717) is 24.3 Å². The molecule has 0 spiro atoms. The summed E-state index contributed by atoms with van der Waals surface area (Å²) < 4.78 is 91.1. The van der Waals surface area contributed by atoms with E-state index in [1.807, 2.05) is 0 Å². The van der Waals surface area contributed by atoms with Crippen LogP contribution < -0.4 is 9.80 Å². The topological polar surface area (TPSA) is 94.0 Å². The molecule has 2 heterocycles. The lowest BCUT2D eigenvalue weighted by Crippen LogP contribution is -2.50. The first kappa shape index (κ1) is 19.8. The van der Waals surface area contributed by atoms with Crippen LogP contribution in [0.1, 0.15) is 15.4 Å². The maximum atomic E-state index is 14.7. The van der Waals surface area contributed by atoms with E-state index < -0.39 is 76.9 Å². The van der Waals surface area contributed by atoms with Gasteiger partial charge in [0.05, 0.1) is 11.3 Å². The number of hydrogen-bond acceptors (Lipinski definition) is 5. The van der Waals surface area contributed by atoms with Crippen LogP contribution in [0.3, 0.4) is 0 Å². The highest BCUT2D eigenvalue weighted by Crippen LogP contribution is 2.35. The largest absolute Gasteiger partial charge is 0.416 e. The van der Waals surface area contributed by atoms with Crippen molar-refractivity contribution in [3.63, 3.8) is 0 Å². The van der Waals surface area contributed by atoms with Crippen molar-refractivity contribution >= 4 is 34.9 Å². The number of amides is 2. The lowest BCUT2D eigenvalue weighted by Gasteiger charge is -2.29. The van der Waals surface area contributed by atoms with Gasteiger partial charge in [0.15, 0.2) is 11.9 Å². The molecule has 2 N–H and O–H groups in total. The summed E-state index contributed by atoms with van der Waals surface area (Å²) in [6.45, 7) is -2.38. The number of carbonyl (C=O) groups excluding carboxylic acids is 2. The Morgan fingerprint density at radius 1 is 1.28 bits per heavy atom. The quantitative estimate of drug-likeness (QED) is 0.518. The smallest absolute Gasteiger partial charge is 0.387 e. The number of hydrogen-bond donors (Lipinski definition) is 2. The number of alkyl halides is 3. The van der Waals surface area contributed by atoms with Gasteiger partial charge in [0.1, 0.15) is 28.8 Å². The van der Waals surface area contributed by atoms with Crippen molar-refractivity contribution in [3.8, 4) is 0 Å². The van der Waals surface area contributed by atoms with E-state index in [4.69, 9.17) is 15.7 Å². The first-order valence-corrected chi connectivity index (χ1v) is 9.07. The zero-order valence-electron chi connectivity index (χ0n) is 18.9. The fraction of sp³-hybridized carbons (Fsp3) is 0.316. The van der Waals surface area contributed by atoms with Crippen LogP contribution in [-0.2, 0) is 15.8 Å². The van der Waals surface area contributed by atoms with Crippen molar-refractivity contribution in [2.75, 3.05) is 16.8 Å². The molecule has 172 valence electrons. The van der Waals surface area contributed by atoms with Crippen molar-refractivity contribution in [3.05, 3.63) is 52.2 Å². The fourth-order valence-electron chi connectivity index (χ4n) is 3.14. The number of nitrogens with zero attached hydrogens (tertiary/aromatic N) is 3. The Bertz CT molecular complexity index is 1200. The zero-order chi connectivity index (χ0) is 26.6. The van der Waals surface area contributed by atoms with Crippen LogP contribution in [0.5, 0.6) is 0 Å². The van der Waals surface area contributed by atoms with E-state index in [2.05, 4.69) is 4.98 Å². The van der Waals surface area contributed by atoms with E-state index in [1.165, 1.54) is 0 Å². The van der Waals surface area contributed by atoms with Gasteiger partial charge in [-0.1, -0.05) is 11.6 Å². The first-order chi connectivity index (χ1) is 16.0. The summed E-state index contributed by atoms with van der Waals surface area (Å²) in [6.07, 6.45) is -9.63. The molecule has 1 saturated heterocycles. The standard InChI is InChI=1S/C19H15ClF5N3O4/c1-7-5-8(19(23,24)25)6-11(26-7)28-14(15(29)16(30)18(28)32)17(31)27(2)10-4-3-9(21)12(20)13(10)22/h3-6,14-16,29-30H,1-2H3/i2D3. The first-order valence-electron chi connectivity index (χ1n) is 10.2. The van der Waals surface area contributed by atoms with Crippen LogP contribution in [0.25, 0.3) is 0 Å². The summed E-state index contributed by atoms with van der Waals surface area (Å²) >= 11 is 5.48. The minimum Gasteiger partial charge on any atom is -0.387 e. The van der Waals surface area contributed by atoms with Gasteiger partial charge in [-0.15, -0.1) is 0 Å². The number of pyridine rings is 1. The molecule has 0 saturated carbocycles. The summed E-state index contributed by atoms with van der Waals surface area (Å²) in [6, 6.07) is -0.273. The molecule has 1 aromatic heterocycles. The number of likely N-dealkylation sites (N-methyl/N-ethyl adjacent to an activating group) is 1. The Balaban J connectivity index is 2.20. The lowest BCUT2D eigenvalue weighted by atomic mass is 10.1. The second kappa shape index (κ2) is 8.26. The minimum absolute atomic E-state index is 0.196. The maximum absolute atomic E-state index is 14.7. The summed E-state index contributed by atoms with van der Waals surface area (Å²) in [5.74, 6) is -7.00. The van der Waals surface area contributed by atoms with Gasteiger partial charge in [-0.3, -0.25) is 14.5 Å². The summed E-state index contributed by atoms with van der Waals surface area (Å²) in [7, 11) is 0. The molecule has 0 aliphatic carbocycles. The monoisotopic (exact) mass is 482 g/mol. The summed E-state index contributed by atoms with van der Waals surface area (Å²) in [5, 5.41) is 19.3. The number of aromatic nitrogens is 1. The van der Waals surface area contributed by atoms with Gasteiger partial charge in [0.2, 0.25) is 0 Å². The molecule has 7 nitrogen and oxygen atoms in total. The predicted molar refractivity (Wildman–Crippen MR) is 102 cm³/mol. The molecule has 32 heavy (non-hydrogen) atoms. The van der Waals surface area contributed by atoms with E-state index in [9.17, 15) is 41.8 Å². The number of aliphatic hydroxyl groups is 2. The molecule has 2 aromatic rings. The van der Waals surface area contributed by atoms with Crippen LogP contribution >= 0.6 is 11.6 Å². The number of rotatable bonds is 3. The van der Waals surface area contributed by atoms with Gasteiger partial charge < -0.3 is 15.1 Å². The molecule has 13 heteroatoms. The average molecular weight is 483 g/mol. The van der Waals surface area contributed by atoms with Crippen LogP contribution in [-0.4, -0.2) is 52.2 Å². The lowest BCUT2D eigenvalue weighted by molar-refractivity contribution is -0.137. The highest BCUT2D eigenvalue weighted by Gasteiger charge is 2.53. The van der Waals surface area contributed by atoms with Crippen molar-refractivity contribution in [1.82, 2.24) is 4.98 Å². The number of anilines is 2. The third kappa shape index (κ3) is 4.00. The molecular formula is C19H15ClF5N3O4. The Morgan fingerprint density at radius 2 is 1.94 bits per heavy atom. The van der Waals surface area contributed by atoms with E-state index >= 15 is 0 Å². The van der Waals surface area contributed by atoms with Gasteiger partial charge in [-0.25, -0.2) is 13.8 Å². The van der Waals surface area contributed by atoms with Crippen molar-refractivity contribution in [2.24, 2.45) is 0 Å². The van der Waals surface area contributed by atoms with Gasteiger partial charge in [-0.05, 0) is 31.2 Å². The Morgan fingerprint density at radius 3 is 2.53 bits per heavy atom. The second-order valence-corrected chi connectivity index (χ2v) is 7.19. The predicted octanol–water partition coefficient (Wildman–Crippen LogP) is 2.44. The third-order valence-electron chi connectivity index (χ3n) is 4.66. The minimum atomic E-state index is -4.92. The molecule has 2 amide bonds. The van der Waals surface area contributed by atoms with Gasteiger partial charge in [-0.2, -0.15) is 13.2 Å². The van der Waals surface area contributed by atoms with Gasteiger partial charge in [0, 0.05) is 16.8 Å². The van der Waals surface area contributed by atoms with Crippen molar-refractivity contribution in [2.45, 2.75) is 31.3 Å². The second-order valence-electron chi connectivity index (χ2n) is 6.81. The van der Waals surface area contributed by atoms with Crippen molar-refractivity contribution < 1.29 is 45.9 Å². The molecule has 0 bridgehead atoms. The molecule has 1 aliphatic heterocycles. The molecule has 3 rings (SSSR count). The maximum Gasteiger partial charge on any atom is 0.416 e.